The average molecular weight is 369 g/mol. The van der Waals surface area contributed by atoms with Crippen LogP contribution < -0.4 is 0 Å². The topological polar surface area (TPSA) is 46.6 Å². The lowest BCUT2D eigenvalue weighted by molar-refractivity contribution is -0.144. The lowest BCUT2D eigenvalue weighted by Gasteiger charge is -2.33. The van der Waals surface area contributed by atoms with Gasteiger partial charge in [-0.15, -0.1) is 11.8 Å². The Kier molecular flexibility index (Phi) is 5.67. The molecule has 0 fully saturated rings. The summed E-state index contributed by atoms with van der Waals surface area (Å²) in [6.07, 6.45) is 0. The molecule has 2 aromatic rings. The highest BCUT2D eigenvalue weighted by molar-refractivity contribution is 8.00. The van der Waals surface area contributed by atoms with Gasteiger partial charge in [-0.2, -0.15) is 0 Å². The summed E-state index contributed by atoms with van der Waals surface area (Å²) < 4.78 is 4.95. The number of amides is 1. The summed E-state index contributed by atoms with van der Waals surface area (Å²) in [6.45, 7) is 5.03. The molecular weight excluding hydrogens is 346 g/mol. The number of carbonyl (C=O) groups excluding carboxylic acids is 2. The lowest BCUT2D eigenvalue weighted by atomic mass is 9.90. The molecule has 0 saturated carbocycles. The zero-order chi connectivity index (χ0) is 18.7. The molecule has 1 aliphatic rings. The summed E-state index contributed by atoms with van der Waals surface area (Å²) in [5.41, 5.74) is 4.37. The van der Waals surface area contributed by atoms with E-state index in [1.165, 1.54) is 18.2 Å². The quantitative estimate of drug-likeness (QED) is 0.609. The molecule has 0 bridgehead atoms. The first-order valence-electron chi connectivity index (χ1n) is 8.63. The van der Waals surface area contributed by atoms with Crippen molar-refractivity contribution in [2.75, 3.05) is 19.4 Å². The van der Waals surface area contributed by atoms with Crippen LogP contribution in [0.2, 0.25) is 0 Å². The van der Waals surface area contributed by atoms with Crippen molar-refractivity contribution in [1.29, 1.82) is 0 Å². The Bertz CT molecular complexity index is 834. The Morgan fingerprint density at radius 1 is 1.19 bits per heavy atom. The third kappa shape index (κ3) is 3.93. The number of thioether (sulfide) groups is 1. The largest absolute Gasteiger partial charge is 0.468 e. The Morgan fingerprint density at radius 2 is 1.96 bits per heavy atom. The highest BCUT2D eigenvalue weighted by atomic mass is 32.2. The van der Waals surface area contributed by atoms with E-state index in [2.05, 4.69) is 32.0 Å². The smallest absolute Gasteiger partial charge is 0.314 e. The van der Waals surface area contributed by atoms with Gasteiger partial charge in [0.05, 0.1) is 18.8 Å². The molecule has 0 aliphatic carbocycles. The van der Waals surface area contributed by atoms with Gasteiger partial charge < -0.3 is 9.64 Å². The number of nitrogens with zero attached hydrogens (tertiary/aromatic N) is 1. The molecule has 0 spiro atoms. The summed E-state index contributed by atoms with van der Waals surface area (Å²) in [5.74, 6) is -0.310. The minimum absolute atomic E-state index is 0.0402. The minimum atomic E-state index is -0.417. The van der Waals surface area contributed by atoms with Crippen LogP contribution in [0.1, 0.15) is 28.2 Å². The Labute approximate surface area is 158 Å². The average Bonchev–Trinajstić information content (AvgIpc) is 2.65. The van der Waals surface area contributed by atoms with Gasteiger partial charge >= 0.3 is 5.97 Å². The van der Waals surface area contributed by atoms with Crippen molar-refractivity contribution in [3.63, 3.8) is 0 Å². The third-order valence-corrected chi connectivity index (χ3v) is 5.88. The van der Waals surface area contributed by atoms with Crippen LogP contribution in [-0.2, 0) is 20.9 Å². The number of ether oxygens (including phenoxy) is 1. The zero-order valence-electron chi connectivity index (χ0n) is 15.3. The first-order chi connectivity index (χ1) is 12.5. The molecule has 0 aromatic heterocycles. The highest BCUT2D eigenvalue weighted by Gasteiger charge is 2.33. The second-order valence-electron chi connectivity index (χ2n) is 6.61. The van der Waals surface area contributed by atoms with Gasteiger partial charge in [-0.3, -0.25) is 9.59 Å². The van der Waals surface area contributed by atoms with Crippen molar-refractivity contribution in [3.05, 3.63) is 64.7 Å². The molecule has 4 nitrogen and oxygen atoms in total. The van der Waals surface area contributed by atoms with Crippen molar-refractivity contribution in [2.24, 2.45) is 0 Å². The van der Waals surface area contributed by atoms with E-state index in [9.17, 15) is 9.59 Å². The van der Waals surface area contributed by atoms with Crippen LogP contribution in [0.15, 0.2) is 47.4 Å². The number of hydrogen-bond acceptors (Lipinski definition) is 4. The number of carbonyl (C=O) groups is 2. The third-order valence-electron chi connectivity index (χ3n) is 4.71. The number of fused-ring (bicyclic) bond motifs is 1. The van der Waals surface area contributed by atoms with Crippen LogP contribution in [-0.4, -0.2) is 36.2 Å². The van der Waals surface area contributed by atoms with Crippen molar-refractivity contribution in [1.82, 2.24) is 4.90 Å². The van der Waals surface area contributed by atoms with E-state index >= 15 is 0 Å². The van der Waals surface area contributed by atoms with Crippen LogP contribution in [0.25, 0.3) is 0 Å². The van der Waals surface area contributed by atoms with Gasteiger partial charge in [0.25, 0.3) is 0 Å². The molecular formula is C21H23NO3S. The van der Waals surface area contributed by atoms with E-state index in [0.29, 0.717) is 18.8 Å². The normalized spacial score (nSPS) is 16.1. The SMILES string of the molecule is COC(=O)C1CN(C(=O)CSc2ccc(C)cc2C)Cc2ccccc21. The number of rotatable bonds is 4. The summed E-state index contributed by atoms with van der Waals surface area (Å²) in [4.78, 5) is 27.8. The number of methoxy groups -OCH3 is 1. The molecule has 5 heteroatoms. The monoisotopic (exact) mass is 369 g/mol. The maximum absolute atomic E-state index is 12.8. The van der Waals surface area contributed by atoms with Crippen molar-refractivity contribution < 1.29 is 14.3 Å². The van der Waals surface area contributed by atoms with Gasteiger partial charge in [0.15, 0.2) is 0 Å². The standard InChI is InChI=1S/C21H23NO3S/c1-14-8-9-19(15(2)10-14)26-13-20(23)22-11-16-6-4-5-7-17(16)18(12-22)21(24)25-3/h4-10,18H,11-13H2,1-3H3. The predicted molar refractivity (Wildman–Crippen MR) is 103 cm³/mol. The molecule has 1 atom stereocenters. The van der Waals surface area contributed by atoms with Gasteiger partial charge in [0.2, 0.25) is 5.91 Å². The predicted octanol–water partition coefficient (Wildman–Crippen LogP) is 3.69. The molecule has 0 saturated heterocycles. The van der Waals surface area contributed by atoms with E-state index < -0.39 is 5.92 Å². The molecule has 0 radical (unpaired) electrons. The molecule has 1 aliphatic heterocycles. The van der Waals surface area contributed by atoms with E-state index in [1.807, 2.05) is 24.3 Å². The maximum Gasteiger partial charge on any atom is 0.314 e. The minimum Gasteiger partial charge on any atom is -0.468 e. The number of hydrogen-bond donors (Lipinski definition) is 0. The highest BCUT2D eigenvalue weighted by Crippen LogP contribution is 2.30. The van der Waals surface area contributed by atoms with E-state index in [-0.39, 0.29) is 11.9 Å². The number of benzene rings is 2. The summed E-state index contributed by atoms with van der Waals surface area (Å²) in [5, 5.41) is 0. The molecule has 2 aromatic carbocycles. The van der Waals surface area contributed by atoms with Crippen LogP contribution >= 0.6 is 11.8 Å². The Balaban J connectivity index is 1.73. The summed E-state index contributed by atoms with van der Waals surface area (Å²) in [7, 11) is 1.39. The first kappa shape index (κ1) is 18.5. The number of aryl methyl sites for hydroxylation is 2. The molecule has 0 N–H and O–H groups in total. The fourth-order valence-corrected chi connectivity index (χ4v) is 4.25. The van der Waals surface area contributed by atoms with E-state index in [0.717, 1.165) is 16.0 Å². The van der Waals surface area contributed by atoms with Gasteiger partial charge in [-0.05, 0) is 36.6 Å². The molecule has 1 amide bonds. The van der Waals surface area contributed by atoms with Crippen LogP contribution in [0.3, 0.4) is 0 Å². The summed E-state index contributed by atoms with van der Waals surface area (Å²) in [6, 6.07) is 14.0. The van der Waals surface area contributed by atoms with Crippen LogP contribution in [0, 0.1) is 13.8 Å². The summed E-state index contributed by atoms with van der Waals surface area (Å²) >= 11 is 1.55. The molecule has 136 valence electrons. The van der Waals surface area contributed by atoms with Gasteiger partial charge in [-0.25, -0.2) is 0 Å². The number of esters is 1. The van der Waals surface area contributed by atoms with E-state index in [1.54, 1.807) is 16.7 Å². The van der Waals surface area contributed by atoms with Crippen LogP contribution in [0.5, 0.6) is 0 Å². The van der Waals surface area contributed by atoms with Crippen molar-refractivity contribution >= 4 is 23.6 Å². The van der Waals surface area contributed by atoms with E-state index in [4.69, 9.17) is 4.74 Å². The van der Waals surface area contributed by atoms with Gasteiger partial charge in [0, 0.05) is 18.0 Å². The second kappa shape index (κ2) is 7.96. The Morgan fingerprint density at radius 3 is 2.69 bits per heavy atom. The van der Waals surface area contributed by atoms with Crippen molar-refractivity contribution in [2.45, 2.75) is 31.2 Å². The second-order valence-corrected chi connectivity index (χ2v) is 7.62. The fourth-order valence-electron chi connectivity index (χ4n) is 3.33. The van der Waals surface area contributed by atoms with Gasteiger partial charge in [0.1, 0.15) is 0 Å². The molecule has 3 rings (SSSR count). The van der Waals surface area contributed by atoms with Crippen molar-refractivity contribution in [3.8, 4) is 0 Å². The first-order valence-corrected chi connectivity index (χ1v) is 9.61. The van der Waals surface area contributed by atoms with Gasteiger partial charge in [-0.1, -0.05) is 42.0 Å². The maximum atomic E-state index is 12.8. The lowest BCUT2D eigenvalue weighted by Crippen LogP contribution is -2.41. The Hall–Kier alpha value is -2.27. The zero-order valence-corrected chi connectivity index (χ0v) is 16.1. The molecule has 26 heavy (non-hydrogen) atoms. The molecule has 1 heterocycles. The van der Waals surface area contributed by atoms with Crippen LogP contribution in [0.4, 0.5) is 0 Å². The fraction of sp³-hybridized carbons (Fsp3) is 0.333. The molecule has 1 unspecified atom stereocenters.